The third kappa shape index (κ3) is 5.03. The van der Waals surface area contributed by atoms with Crippen molar-refractivity contribution in [2.75, 3.05) is 6.61 Å². The molecule has 0 radical (unpaired) electrons. The van der Waals surface area contributed by atoms with E-state index < -0.39 is 25.1 Å². The van der Waals surface area contributed by atoms with E-state index in [9.17, 15) is 18.0 Å². The van der Waals surface area contributed by atoms with Crippen LogP contribution in [0.4, 0.5) is 4.79 Å². The van der Waals surface area contributed by atoms with E-state index in [0.717, 1.165) is 15.6 Å². The van der Waals surface area contributed by atoms with Gasteiger partial charge in [-0.1, -0.05) is 27.8 Å². The maximum absolute atomic E-state index is 13.4. The van der Waals surface area contributed by atoms with Gasteiger partial charge in [-0.25, -0.2) is 8.42 Å². The fraction of sp³-hybridized carbons (Fsp3) is 0.304. The summed E-state index contributed by atoms with van der Waals surface area (Å²) in [6.45, 7) is 4.23. The summed E-state index contributed by atoms with van der Waals surface area (Å²) in [6.07, 6.45) is 0.698. The van der Waals surface area contributed by atoms with Crippen LogP contribution < -0.4 is 10.1 Å². The van der Waals surface area contributed by atoms with Gasteiger partial charge in [0.25, 0.3) is 11.1 Å². The van der Waals surface area contributed by atoms with Crippen molar-refractivity contribution < 1.29 is 22.7 Å². The fourth-order valence-electron chi connectivity index (χ4n) is 3.29. The number of benzene rings is 2. The smallest absolute Gasteiger partial charge is 0.287 e. The lowest BCUT2D eigenvalue weighted by Gasteiger charge is -2.24. The number of unbranched alkanes of at least 4 members (excludes halogenated alkanes) is 1. The molecule has 2 amide bonds. The molecular formula is C23H22BrNO5S2. The van der Waals surface area contributed by atoms with Crippen molar-refractivity contribution in [1.29, 1.82) is 0 Å². The van der Waals surface area contributed by atoms with Gasteiger partial charge in [-0.15, -0.1) is 0 Å². The number of ether oxygens (including phenoxy) is 1. The number of sulfone groups is 1. The van der Waals surface area contributed by atoms with Gasteiger partial charge in [-0.05, 0) is 86.5 Å². The third-order valence-corrected chi connectivity index (χ3v) is 9.48. The van der Waals surface area contributed by atoms with Crippen molar-refractivity contribution in [1.82, 2.24) is 5.32 Å². The molecule has 0 aliphatic carbocycles. The molecule has 1 aliphatic rings. The van der Waals surface area contributed by atoms with Gasteiger partial charge < -0.3 is 4.74 Å². The van der Waals surface area contributed by atoms with Crippen LogP contribution in [0.15, 0.2) is 51.8 Å². The van der Waals surface area contributed by atoms with Crippen LogP contribution in [0.1, 0.15) is 37.3 Å². The molecule has 3 rings (SSSR count). The van der Waals surface area contributed by atoms with E-state index in [-0.39, 0.29) is 11.3 Å². The summed E-state index contributed by atoms with van der Waals surface area (Å²) in [5.41, 5.74) is 1.91. The maximum Gasteiger partial charge on any atom is 0.287 e. The number of imide groups is 1. The Hall–Kier alpha value is -2.28. The van der Waals surface area contributed by atoms with E-state index in [4.69, 9.17) is 4.74 Å². The number of amides is 2. The molecule has 1 heterocycles. The molecule has 1 fully saturated rings. The Bertz CT molecular complexity index is 1200. The molecule has 168 valence electrons. The Morgan fingerprint density at radius 2 is 1.88 bits per heavy atom. The Morgan fingerprint density at radius 1 is 1.16 bits per heavy atom. The van der Waals surface area contributed by atoms with Gasteiger partial charge in [0.15, 0.2) is 0 Å². The van der Waals surface area contributed by atoms with E-state index in [1.807, 2.05) is 32.0 Å². The Kier molecular flexibility index (Phi) is 7.70. The van der Waals surface area contributed by atoms with Gasteiger partial charge in [-0.3, -0.25) is 14.9 Å². The highest BCUT2D eigenvalue weighted by Gasteiger charge is 2.57. The van der Waals surface area contributed by atoms with Crippen molar-refractivity contribution in [3.8, 4) is 17.6 Å². The molecule has 2 aromatic rings. The molecule has 1 saturated heterocycles. The first kappa shape index (κ1) is 24.4. The van der Waals surface area contributed by atoms with Crippen LogP contribution in [0.5, 0.6) is 5.75 Å². The predicted octanol–water partition coefficient (Wildman–Crippen LogP) is 4.83. The first-order valence-electron chi connectivity index (χ1n) is 9.96. The SMILES string of the molecule is CCOc1ccc(S(=O)(=O)C2(CCCC#Cc3ccc(Br)cc3C)SC(=O)NC2=O)cc1. The summed E-state index contributed by atoms with van der Waals surface area (Å²) in [6, 6.07) is 11.6. The van der Waals surface area contributed by atoms with Crippen LogP contribution in [0.2, 0.25) is 0 Å². The minimum Gasteiger partial charge on any atom is -0.494 e. The van der Waals surface area contributed by atoms with Gasteiger partial charge >= 0.3 is 0 Å². The van der Waals surface area contributed by atoms with Crippen molar-refractivity contribution in [3.05, 3.63) is 58.1 Å². The van der Waals surface area contributed by atoms with Gasteiger partial charge in [0.2, 0.25) is 13.9 Å². The standard InChI is InChI=1S/C23H22BrNO5S2/c1-3-30-19-10-12-20(13-11-19)32(28,29)23(21(26)25-22(27)31-23)14-6-4-5-7-17-8-9-18(24)15-16(17)2/h8-13,15H,3-4,6,14H2,1-2H3,(H,25,26,27). The highest BCUT2D eigenvalue weighted by Crippen LogP contribution is 2.44. The van der Waals surface area contributed by atoms with Gasteiger partial charge in [0.05, 0.1) is 11.5 Å². The average molecular weight is 536 g/mol. The first-order valence-corrected chi connectivity index (χ1v) is 13.1. The number of thioether (sulfide) groups is 1. The third-order valence-electron chi connectivity index (χ3n) is 4.92. The van der Waals surface area contributed by atoms with Crippen LogP contribution in [0.3, 0.4) is 0 Å². The van der Waals surface area contributed by atoms with Gasteiger partial charge in [0.1, 0.15) is 5.75 Å². The molecule has 0 bridgehead atoms. The average Bonchev–Trinajstić information content (AvgIpc) is 3.04. The van der Waals surface area contributed by atoms with E-state index in [1.54, 1.807) is 0 Å². The van der Waals surface area contributed by atoms with Gasteiger partial charge in [0, 0.05) is 16.5 Å². The molecule has 0 aromatic heterocycles. The van der Waals surface area contributed by atoms with Crippen LogP contribution in [0.25, 0.3) is 0 Å². The van der Waals surface area contributed by atoms with Crippen molar-refractivity contribution >= 4 is 48.7 Å². The van der Waals surface area contributed by atoms with Crippen LogP contribution in [-0.2, 0) is 14.6 Å². The quantitative estimate of drug-likeness (QED) is 0.403. The molecule has 1 unspecified atom stereocenters. The molecular weight excluding hydrogens is 514 g/mol. The van der Waals surface area contributed by atoms with E-state index in [1.165, 1.54) is 24.3 Å². The Balaban J connectivity index is 1.80. The molecule has 1 N–H and O–H groups in total. The lowest BCUT2D eigenvalue weighted by atomic mass is 10.1. The predicted molar refractivity (Wildman–Crippen MR) is 128 cm³/mol. The summed E-state index contributed by atoms with van der Waals surface area (Å²) in [5.74, 6) is 5.84. The molecule has 2 aromatic carbocycles. The fourth-order valence-corrected chi connectivity index (χ4v) is 7.14. The molecule has 1 atom stereocenters. The molecule has 9 heteroatoms. The highest BCUT2D eigenvalue weighted by atomic mass is 79.9. The lowest BCUT2D eigenvalue weighted by molar-refractivity contribution is -0.120. The second kappa shape index (κ2) is 10.1. The largest absolute Gasteiger partial charge is 0.494 e. The summed E-state index contributed by atoms with van der Waals surface area (Å²) in [7, 11) is -4.14. The van der Waals surface area contributed by atoms with E-state index in [2.05, 4.69) is 33.1 Å². The van der Waals surface area contributed by atoms with Crippen LogP contribution in [0, 0.1) is 18.8 Å². The number of aryl methyl sites for hydroxylation is 1. The molecule has 1 aliphatic heterocycles. The number of nitrogens with one attached hydrogen (secondary N) is 1. The summed E-state index contributed by atoms with van der Waals surface area (Å²) in [5, 5.41) is 1.47. The monoisotopic (exact) mass is 535 g/mol. The molecule has 0 spiro atoms. The van der Waals surface area contributed by atoms with Gasteiger partial charge in [-0.2, -0.15) is 0 Å². The lowest BCUT2D eigenvalue weighted by Crippen LogP contribution is -2.43. The molecule has 6 nitrogen and oxygen atoms in total. The van der Waals surface area contributed by atoms with Crippen molar-refractivity contribution in [3.63, 3.8) is 0 Å². The number of carbonyl (C=O) groups is 2. The van der Waals surface area contributed by atoms with Crippen LogP contribution >= 0.6 is 27.7 Å². The minimum absolute atomic E-state index is 0.0290. The zero-order chi connectivity index (χ0) is 23.4. The Morgan fingerprint density at radius 3 is 2.47 bits per heavy atom. The van der Waals surface area contributed by atoms with E-state index >= 15 is 0 Å². The number of halogens is 1. The number of carbonyl (C=O) groups excluding carboxylic acids is 2. The Labute approximate surface area is 200 Å². The minimum atomic E-state index is -4.14. The molecule has 32 heavy (non-hydrogen) atoms. The summed E-state index contributed by atoms with van der Waals surface area (Å²) >= 11 is 3.94. The summed E-state index contributed by atoms with van der Waals surface area (Å²) in [4.78, 5) is 24.6. The topological polar surface area (TPSA) is 89.5 Å². The summed E-state index contributed by atoms with van der Waals surface area (Å²) < 4.78 is 31.3. The zero-order valence-electron chi connectivity index (χ0n) is 17.6. The molecule has 0 saturated carbocycles. The van der Waals surface area contributed by atoms with E-state index in [0.29, 0.717) is 37.0 Å². The van der Waals surface area contributed by atoms with Crippen molar-refractivity contribution in [2.24, 2.45) is 0 Å². The normalized spacial score (nSPS) is 18.1. The van der Waals surface area contributed by atoms with Crippen molar-refractivity contribution in [2.45, 2.75) is 42.1 Å². The number of rotatable bonds is 7. The highest BCUT2D eigenvalue weighted by molar-refractivity contribution is 9.10. The van der Waals surface area contributed by atoms with Crippen LogP contribution in [-0.4, -0.2) is 30.3 Å². The number of hydrogen-bond donors (Lipinski definition) is 1. The second-order valence-electron chi connectivity index (χ2n) is 7.12. The number of hydrogen-bond acceptors (Lipinski definition) is 6. The zero-order valence-corrected chi connectivity index (χ0v) is 20.8. The second-order valence-corrected chi connectivity index (χ2v) is 11.7. The first-order chi connectivity index (χ1) is 15.2. The maximum atomic E-state index is 13.4.